The molecule has 0 radical (unpaired) electrons. The number of aryl methyl sites for hydroxylation is 3. The van der Waals surface area contributed by atoms with Crippen LogP contribution in [-0.2, 0) is 19.3 Å². The molecule has 0 unspecified atom stereocenters. The van der Waals surface area contributed by atoms with Crippen molar-refractivity contribution in [1.82, 2.24) is 0 Å². The normalized spacial score (nSPS) is 10.8. The third-order valence-corrected chi connectivity index (χ3v) is 6.13. The Labute approximate surface area is 199 Å². The van der Waals surface area contributed by atoms with Crippen LogP contribution >= 0.6 is 11.6 Å². The van der Waals surface area contributed by atoms with Crippen molar-refractivity contribution in [2.24, 2.45) is 0 Å². The Hall–Kier alpha value is -3.15. The van der Waals surface area contributed by atoms with Gasteiger partial charge in [0.2, 0.25) is 0 Å². The summed E-state index contributed by atoms with van der Waals surface area (Å²) in [5.41, 5.74) is 4.55. The fourth-order valence-corrected chi connectivity index (χ4v) is 3.98. The lowest BCUT2D eigenvalue weighted by atomic mass is 9.99. The first-order valence-electron chi connectivity index (χ1n) is 11.3. The molecule has 4 aromatic rings. The van der Waals surface area contributed by atoms with Crippen molar-refractivity contribution >= 4 is 22.4 Å². The van der Waals surface area contributed by atoms with Crippen LogP contribution in [0.4, 0.5) is 8.78 Å². The molecular weight excluding hydrogens is 434 g/mol. The van der Waals surface area contributed by atoms with E-state index in [1.54, 1.807) is 18.2 Å². The van der Waals surface area contributed by atoms with E-state index in [9.17, 15) is 4.39 Å². The summed E-state index contributed by atoms with van der Waals surface area (Å²) in [6, 6.07) is 22.4. The largest absolute Gasteiger partial charge is 0.206 e. The fourth-order valence-electron chi connectivity index (χ4n) is 3.86. The molecule has 0 amide bonds. The fraction of sp³-hybridized carbons (Fsp3) is 0.200. The van der Waals surface area contributed by atoms with Gasteiger partial charge in [-0.05, 0) is 84.2 Å². The second-order valence-corrected chi connectivity index (χ2v) is 8.68. The molecule has 0 aromatic heterocycles. The van der Waals surface area contributed by atoms with Crippen molar-refractivity contribution in [1.29, 1.82) is 0 Å². The van der Waals surface area contributed by atoms with Crippen LogP contribution in [0.3, 0.4) is 0 Å². The summed E-state index contributed by atoms with van der Waals surface area (Å²) in [4.78, 5) is 0. The summed E-state index contributed by atoms with van der Waals surface area (Å²) in [7, 11) is 0. The molecule has 0 spiro atoms. The van der Waals surface area contributed by atoms with E-state index in [1.165, 1.54) is 30.5 Å². The number of fused-ring (bicyclic) bond motifs is 1. The number of unbranched alkanes of at least 4 members (excludes halogenated alkanes) is 1. The van der Waals surface area contributed by atoms with E-state index in [2.05, 4.69) is 43.0 Å². The van der Waals surface area contributed by atoms with E-state index in [-0.39, 0.29) is 10.8 Å². The topological polar surface area (TPSA) is 0 Å². The minimum absolute atomic E-state index is 0.0959. The van der Waals surface area contributed by atoms with Crippen molar-refractivity contribution in [2.45, 2.75) is 39.0 Å². The Morgan fingerprint density at radius 3 is 2.21 bits per heavy atom. The van der Waals surface area contributed by atoms with Crippen LogP contribution in [0.5, 0.6) is 0 Å². The molecule has 0 atom stereocenters. The number of rotatable bonds is 6. The second kappa shape index (κ2) is 10.6. The van der Waals surface area contributed by atoms with Crippen LogP contribution in [-0.4, -0.2) is 0 Å². The Bertz CT molecular complexity index is 1330. The van der Waals surface area contributed by atoms with Crippen molar-refractivity contribution in [3.63, 3.8) is 0 Å². The van der Waals surface area contributed by atoms with Gasteiger partial charge in [0, 0.05) is 16.5 Å². The summed E-state index contributed by atoms with van der Waals surface area (Å²) in [6.45, 7) is 2.19. The lowest BCUT2D eigenvalue weighted by Crippen LogP contribution is -1.97. The molecule has 4 rings (SSSR count). The highest BCUT2D eigenvalue weighted by atomic mass is 35.5. The molecule has 0 aliphatic rings. The van der Waals surface area contributed by atoms with E-state index in [0.29, 0.717) is 23.8 Å². The third-order valence-electron chi connectivity index (χ3n) is 5.83. The van der Waals surface area contributed by atoms with E-state index >= 15 is 4.39 Å². The molecule has 33 heavy (non-hydrogen) atoms. The van der Waals surface area contributed by atoms with Crippen molar-refractivity contribution < 1.29 is 8.78 Å². The molecule has 0 aliphatic heterocycles. The van der Waals surface area contributed by atoms with Crippen LogP contribution < -0.4 is 0 Å². The summed E-state index contributed by atoms with van der Waals surface area (Å²) in [6.07, 6.45) is 4.50. The van der Waals surface area contributed by atoms with E-state index in [4.69, 9.17) is 11.6 Å². The predicted octanol–water partition coefficient (Wildman–Crippen LogP) is 8.30. The Morgan fingerprint density at radius 1 is 0.727 bits per heavy atom. The van der Waals surface area contributed by atoms with Crippen molar-refractivity contribution in [2.75, 3.05) is 0 Å². The first kappa shape index (κ1) is 23.0. The van der Waals surface area contributed by atoms with Gasteiger partial charge >= 0.3 is 0 Å². The molecule has 0 N–H and O–H groups in total. The lowest BCUT2D eigenvalue weighted by molar-refractivity contribution is 0.617. The summed E-state index contributed by atoms with van der Waals surface area (Å²) in [5, 5.41) is 1.48. The quantitative estimate of drug-likeness (QED) is 0.255. The number of hydrogen-bond acceptors (Lipinski definition) is 0. The van der Waals surface area contributed by atoms with Crippen LogP contribution in [0.2, 0.25) is 5.02 Å². The molecule has 4 aromatic carbocycles. The number of halogens is 3. The van der Waals surface area contributed by atoms with Gasteiger partial charge < -0.3 is 0 Å². The van der Waals surface area contributed by atoms with Crippen LogP contribution in [0.1, 0.15) is 47.6 Å². The Morgan fingerprint density at radius 2 is 1.45 bits per heavy atom. The Kier molecular flexibility index (Phi) is 7.43. The highest BCUT2D eigenvalue weighted by Gasteiger charge is 2.09. The standard InChI is InChI=1S/C30H25ClF2/c1-2-3-4-21-5-7-22(8-6-21)9-10-23-12-17-27-26(19-23)16-15-25(30(27)33)14-11-24-13-18-28(31)29(32)20-24/h5-8,12-13,15-20H,2-4,11,14H2,1H3. The lowest BCUT2D eigenvalue weighted by Gasteiger charge is -2.08. The van der Waals surface area contributed by atoms with Gasteiger partial charge in [-0.2, -0.15) is 0 Å². The number of benzene rings is 4. The first-order chi connectivity index (χ1) is 16.0. The van der Waals surface area contributed by atoms with Gasteiger partial charge in [0.1, 0.15) is 11.6 Å². The van der Waals surface area contributed by atoms with Crippen molar-refractivity contribution in [3.8, 4) is 11.8 Å². The SMILES string of the molecule is CCCCc1ccc(C#Cc2ccc3c(F)c(CCc4ccc(Cl)c(F)c4)ccc3c2)cc1. The molecule has 0 nitrogen and oxygen atoms in total. The van der Waals surface area contributed by atoms with Gasteiger partial charge in [-0.25, -0.2) is 8.78 Å². The molecule has 0 heterocycles. The maximum Gasteiger partial charge on any atom is 0.142 e. The average Bonchev–Trinajstić information content (AvgIpc) is 2.83. The van der Waals surface area contributed by atoms with E-state index in [1.807, 2.05) is 18.2 Å². The molecule has 0 fully saturated rings. The number of hydrogen-bond donors (Lipinski definition) is 0. The molecule has 0 bridgehead atoms. The molecule has 166 valence electrons. The highest BCUT2D eigenvalue weighted by molar-refractivity contribution is 6.30. The molecule has 0 saturated heterocycles. The van der Waals surface area contributed by atoms with Gasteiger partial charge in [0.15, 0.2) is 0 Å². The van der Waals surface area contributed by atoms with Gasteiger partial charge in [-0.1, -0.05) is 73.2 Å². The van der Waals surface area contributed by atoms with Crippen LogP contribution in [0.15, 0.2) is 72.8 Å². The zero-order valence-electron chi connectivity index (χ0n) is 18.6. The smallest absolute Gasteiger partial charge is 0.142 e. The minimum Gasteiger partial charge on any atom is -0.206 e. The van der Waals surface area contributed by atoms with Gasteiger partial charge in [-0.15, -0.1) is 0 Å². The highest BCUT2D eigenvalue weighted by Crippen LogP contribution is 2.24. The van der Waals surface area contributed by atoms with Gasteiger partial charge in [0.05, 0.1) is 5.02 Å². The monoisotopic (exact) mass is 458 g/mol. The maximum absolute atomic E-state index is 15.1. The third kappa shape index (κ3) is 5.81. The maximum atomic E-state index is 15.1. The predicted molar refractivity (Wildman–Crippen MR) is 134 cm³/mol. The van der Waals surface area contributed by atoms with Crippen LogP contribution in [0, 0.1) is 23.5 Å². The summed E-state index contributed by atoms with van der Waals surface area (Å²) in [5.74, 6) is 5.70. The van der Waals surface area contributed by atoms with Crippen LogP contribution in [0.25, 0.3) is 10.8 Å². The molecule has 0 saturated carbocycles. The van der Waals surface area contributed by atoms with Gasteiger partial charge in [-0.3, -0.25) is 0 Å². The second-order valence-electron chi connectivity index (χ2n) is 8.27. The molecular formula is C30H25ClF2. The summed E-state index contributed by atoms with van der Waals surface area (Å²) < 4.78 is 28.7. The molecule has 3 heteroatoms. The zero-order valence-corrected chi connectivity index (χ0v) is 19.4. The van der Waals surface area contributed by atoms with Gasteiger partial charge in [0.25, 0.3) is 0 Å². The Balaban J connectivity index is 1.48. The van der Waals surface area contributed by atoms with Crippen molar-refractivity contribution in [3.05, 3.63) is 117 Å². The minimum atomic E-state index is -0.450. The summed E-state index contributed by atoms with van der Waals surface area (Å²) >= 11 is 5.74. The average molecular weight is 459 g/mol. The zero-order chi connectivity index (χ0) is 23.2. The van der Waals surface area contributed by atoms with E-state index in [0.717, 1.165) is 28.5 Å². The van der Waals surface area contributed by atoms with E-state index < -0.39 is 5.82 Å². The molecule has 0 aliphatic carbocycles. The first-order valence-corrected chi connectivity index (χ1v) is 11.7.